The van der Waals surface area contributed by atoms with Crippen molar-refractivity contribution in [2.24, 2.45) is 0 Å². The molecule has 0 radical (unpaired) electrons. The Labute approximate surface area is 153 Å². The summed E-state index contributed by atoms with van der Waals surface area (Å²) in [5.74, 6) is 1.36. The molecule has 0 spiro atoms. The molecule has 1 amide bonds. The predicted molar refractivity (Wildman–Crippen MR) is 101 cm³/mol. The standard InChI is InChI=1S/C21H23N3O2/c1-26-15-20-22-18-9-5-6-10-19(18)24(20)14-21(25)23-12-11-17(13-23)16-7-3-2-4-8-16/h2-10,17H,11-15H2,1H3. The van der Waals surface area contributed by atoms with E-state index >= 15 is 0 Å². The number of benzene rings is 2. The van der Waals surface area contributed by atoms with Crippen molar-refractivity contribution < 1.29 is 9.53 Å². The van der Waals surface area contributed by atoms with Gasteiger partial charge in [0.15, 0.2) is 0 Å². The lowest BCUT2D eigenvalue weighted by atomic mass is 9.99. The fourth-order valence-corrected chi connectivity index (χ4v) is 3.76. The van der Waals surface area contributed by atoms with Crippen LogP contribution in [-0.4, -0.2) is 40.6 Å². The Morgan fingerprint density at radius 2 is 1.92 bits per heavy atom. The van der Waals surface area contributed by atoms with E-state index in [1.54, 1.807) is 7.11 Å². The fraction of sp³-hybridized carbons (Fsp3) is 0.333. The number of methoxy groups -OCH3 is 1. The number of likely N-dealkylation sites (tertiary alicyclic amines) is 1. The summed E-state index contributed by atoms with van der Waals surface area (Å²) in [4.78, 5) is 19.5. The number of amides is 1. The van der Waals surface area contributed by atoms with Gasteiger partial charge < -0.3 is 14.2 Å². The first-order valence-electron chi connectivity index (χ1n) is 9.02. The molecule has 5 nitrogen and oxygen atoms in total. The quantitative estimate of drug-likeness (QED) is 0.711. The van der Waals surface area contributed by atoms with Gasteiger partial charge in [-0.25, -0.2) is 4.98 Å². The maximum absolute atomic E-state index is 12.9. The fourth-order valence-electron chi connectivity index (χ4n) is 3.76. The van der Waals surface area contributed by atoms with Crippen molar-refractivity contribution in [3.8, 4) is 0 Å². The van der Waals surface area contributed by atoms with Crippen molar-refractivity contribution in [2.75, 3.05) is 20.2 Å². The van der Waals surface area contributed by atoms with Crippen LogP contribution in [0.25, 0.3) is 11.0 Å². The summed E-state index contributed by atoms with van der Waals surface area (Å²) < 4.78 is 7.25. The number of hydrogen-bond donors (Lipinski definition) is 0. The minimum Gasteiger partial charge on any atom is -0.377 e. The number of ether oxygens (including phenoxy) is 1. The van der Waals surface area contributed by atoms with Crippen molar-refractivity contribution in [1.29, 1.82) is 0 Å². The van der Waals surface area contributed by atoms with Crippen LogP contribution in [0.4, 0.5) is 0 Å². The van der Waals surface area contributed by atoms with Gasteiger partial charge >= 0.3 is 0 Å². The molecule has 1 atom stereocenters. The Kier molecular flexibility index (Phi) is 4.71. The summed E-state index contributed by atoms with van der Waals surface area (Å²) in [7, 11) is 1.65. The summed E-state index contributed by atoms with van der Waals surface area (Å²) in [6.45, 7) is 2.30. The molecule has 1 unspecified atom stereocenters. The predicted octanol–water partition coefficient (Wildman–Crippen LogP) is 3.20. The minimum atomic E-state index is 0.143. The van der Waals surface area contributed by atoms with Crippen molar-refractivity contribution in [2.45, 2.75) is 25.5 Å². The molecule has 0 N–H and O–H groups in total. The van der Waals surface area contributed by atoms with Gasteiger partial charge in [0.05, 0.1) is 11.0 Å². The second-order valence-electron chi connectivity index (χ2n) is 6.77. The first-order chi connectivity index (χ1) is 12.8. The van der Waals surface area contributed by atoms with Crippen LogP contribution in [0.2, 0.25) is 0 Å². The number of imidazole rings is 1. The molecule has 134 valence electrons. The van der Waals surface area contributed by atoms with Crippen LogP contribution in [-0.2, 0) is 22.7 Å². The Morgan fingerprint density at radius 1 is 1.15 bits per heavy atom. The second kappa shape index (κ2) is 7.30. The van der Waals surface area contributed by atoms with Crippen LogP contribution < -0.4 is 0 Å². The number of aromatic nitrogens is 2. The number of carbonyl (C=O) groups excluding carboxylic acids is 1. The van der Waals surface area contributed by atoms with Gasteiger partial charge in [-0.05, 0) is 24.1 Å². The third-order valence-corrected chi connectivity index (χ3v) is 5.11. The van der Waals surface area contributed by atoms with Gasteiger partial charge in [0.25, 0.3) is 0 Å². The van der Waals surface area contributed by atoms with E-state index in [2.05, 4.69) is 29.2 Å². The summed E-state index contributed by atoms with van der Waals surface area (Å²) in [6, 6.07) is 18.4. The van der Waals surface area contributed by atoms with Gasteiger partial charge in [-0.15, -0.1) is 0 Å². The van der Waals surface area contributed by atoms with Crippen molar-refractivity contribution in [3.05, 3.63) is 66.0 Å². The highest BCUT2D eigenvalue weighted by Gasteiger charge is 2.28. The molecule has 0 saturated carbocycles. The molecule has 1 aliphatic rings. The molecule has 0 aliphatic carbocycles. The van der Waals surface area contributed by atoms with E-state index < -0.39 is 0 Å². The SMILES string of the molecule is COCc1nc2ccccc2n1CC(=O)N1CCC(c2ccccc2)C1. The number of rotatable bonds is 5. The smallest absolute Gasteiger partial charge is 0.242 e. The number of para-hydroxylation sites is 2. The molecule has 26 heavy (non-hydrogen) atoms. The lowest BCUT2D eigenvalue weighted by Gasteiger charge is -2.18. The number of nitrogens with zero attached hydrogens (tertiary/aromatic N) is 3. The summed E-state index contributed by atoms with van der Waals surface area (Å²) in [6.07, 6.45) is 1.02. The van der Waals surface area contributed by atoms with Crippen LogP contribution in [0.15, 0.2) is 54.6 Å². The van der Waals surface area contributed by atoms with Crippen LogP contribution in [0.1, 0.15) is 23.7 Å². The zero-order valence-electron chi connectivity index (χ0n) is 15.0. The maximum Gasteiger partial charge on any atom is 0.242 e. The molecule has 1 aromatic heterocycles. The molecule has 1 aliphatic heterocycles. The second-order valence-corrected chi connectivity index (χ2v) is 6.77. The first-order valence-corrected chi connectivity index (χ1v) is 9.02. The molecular formula is C21H23N3O2. The first kappa shape index (κ1) is 16.8. The van der Waals surface area contributed by atoms with Crippen molar-refractivity contribution in [3.63, 3.8) is 0 Å². The number of hydrogen-bond acceptors (Lipinski definition) is 3. The molecule has 1 fully saturated rings. The Morgan fingerprint density at radius 3 is 2.73 bits per heavy atom. The third kappa shape index (κ3) is 3.22. The van der Waals surface area contributed by atoms with E-state index in [-0.39, 0.29) is 5.91 Å². The van der Waals surface area contributed by atoms with Crippen molar-refractivity contribution >= 4 is 16.9 Å². The van der Waals surface area contributed by atoms with Crippen LogP contribution in [0, 0.1) is 0 Å². The molecule has 3 aromatic rings. The zero-order valence-corrected chi connectivity index (χ0v) is 15.0. The third-order valence-electron chi connectivity index (χ3n) is 5.11. The van der Waals surface area contributed by atoms with Crippen molar-refractivity contribution in [1.82, 2.24) is 14.5 Å². The Hall–Kier alpha value is -2.66. The highest BCUT2D eigenvalue weighted by molar-refractivity contribution is 5.81. The van der Waals surface area contributed by atoms with E-state index in [4.69, 9.17) is 4.74 Å². The van der Waals surface area contributed by atoms with E-state index in [1.165, 1.54) is 5.56 Å². The lowest BCUT2D eigenvalue weighted by molar-refractivity contribution is -0.130. The molecular weight excluding hydrogens is 326 g/mol. The molecule has 1 saturated heterocycles. The average molecular weight is 349 g/mol. The summed E-state index contributed by atoms with van der Waals surface area (Å²) >= 11 is 0. The normalized spacial score (nSPS) is 17.1. The van der Waals surface area contributed by atoms with E-state index in [0.29, 0.717) is 19.1 Å². The van der Waals surface area contributed by atoms with Gasteiger partial charge in [0.2, 0.25) is 5.91 Å². The summed E-state index contributed by atoms with van der Waals surface area (Å²) in [5.41, 5.74) is 3.19. The molecule has 4 rings (SSSR count). The maximum atomic E-state index is 12.9. The van der Waals surface area contributed by atoms with E-state index in [0.717, 1.165) is 36.4 Å². The molecule has 2 heterocycles. The molecule has 0 bridgehead atoms. The molecule has 2 aromatic carbocycles. The summed E-state index contributed by atoms with van der Waals surface area (Å²) in [5, 5.41) is 0. The Bertz CT molecular complexity index is 904. The van der Waals surface area contributed by atoms with Crippen LogP contribution >= 0.6 is 0 Å². The van der Waals surface area contributed by atoms with Gasteiger partial charge in [-0.2, -0.15) is 0 Å². The Balaban J connectivity index is 1.52. The van der Waals surface area contributed by atoms with Gasteiger partial charge in [0, 0.05) is 26.1 Å². The average Bonchev–Trinajstić information content (AvgIpc) is 3.29. The zero-order chi connectivity index (χ0) is 17.9. The number of fused-ring (bicyclic) bond motifs is 1. The molecule has 5 heteroatoms. The highest BCUT2D eigenvalue weighted by Crippen LogP contribution is 2.27. The topological polar surface area (TPSA) is 47.4 Å². The lowest BCUT2D eigenvalue weighted by Crippen LogP contribution is -2.32. The van der Waals surface area contributed by atoms with Gasteiger partial charge in [0.1, 0.15) is 19.0 Å². The minimum absolute atomic E-state index is 0.143. The highest BCUT2D eigenvalue weighted by atomic mass is 16.5. The van der Waals surface area contributed by atoms with Crippen LogP contribution in [0.5, 0.6) is 0 Å². The monoisotopic (exact) mass is 349 g/mol. The van der Waals surface area contributed by atoms with E-state index in [1.807, 2.05) is 39.8 Å². The largest absolute Gasteiger partial charge is 0.377 e. The number of carbonyl (C=O) groups is 1. The van der Waals surface area contributed by atoms with Crippen LogP contribution in [0.3, 0.4) is 0 Å². The van der Waals surface area contributed by atoms with E-state index in [9.17, 15) is 4.79 Å². The van der Waals surface area contributed by atoms with Gasteiger partial charge in [-0.3, -0.25) is 4.79 Å². The van der Waals surface area contributed by atoms with Gasteiger partial charge in [-0.1, -0.05) is 42.5 Å².